The van der Waals surface area contributed by atoms with Crippen molar-refractivity contribution in [3.05, 3.63) is 51.8 Å². The van der Waals surface area contributed by atoms with Gasteiger partial charge in [-0.2, -0.15) is 5.10 Å². The smallest absolute Gasteiger partial charge is 0.224 e. The number of hydrogen-bond donors (Lipinski definition) is 1. The lowest BCUT2D eigenvalue weighted by atomic mass is 10.1. The maximum Gasteiger partial charge on any atom is 0.224 e. The summed E-state index contributed by atoms with van der Waals surface area (Å²) in [5.74, 6) is 0.573. The van der Waals surface area contributed by atoms with Gasteiger partial charge >= 0.3 is 0 Å². The van der Waals surface area contributed by atoms with E-state index in [-0.39, 0.29) is 5.91 Å². The summed E-state index contributed by atoms with van der Waals surface area (Å²) in [7, 11) is 0. The monoisotopic (exact) mass is 347 g/mol. The molecule has 0 saturated heterocycles. The number of aryl methyl sites for hydroxylation is 1. The maximum absolute atomic E-state index is 12.2. The molecule has 0 aliphatic rings. The van der Waals surface area contributed by atoms with E-state index >= 15 is 0 Å². The van der Waals surface area contributed by atoms with Gasteiger partial charge in [0.1, 0.15) is 0 Å². The minimum absolute atomic E-state index is 0.0410. The van der Waals surface area contributed by atoms with Gasteiger partial charge in [-0.05, 0) is 43.9 Å². The molecule has 0 aliphatic carbocycles. The number of rotatable bonds is 7. The summed E-state index contributed by atoms with van der Waals surface area (Å²) >= 11 is 5.87. The molecule has 5 heteroatoms. The predicted octanol–water partition coefficient (Wildman–Crippen LogP) is 3.71. The second-order valence-corrected chi connectivity index (χ2v) is 7.06. The summed E-state index contributed by atoms with van der Waals surface area (Å²) in [4.78, 5) is 12.2. The standard InChI is InChI=1S/C19H26ClN3O/c1-13(2)12-23-15(4)18(14(3)22-23)11-19(24)21-10-9-16-5-7-17(20)8-6-16/h5-8,13H,9-12H2,1-4H3,(H,21,24). The van der Waals surface area contributed by atoms with Crippen LogP contribution in [0.5, 0.6) is 0 Å². The van der Waals surface area contributed by atoms with Crippen LogP contribution < -0.4 is 5.32 Å². The van der Waals surface area contributed by atoms with E-state index in [0.717, 1.165) is 40.5 Å². The Kier molecular flexibility index (Phi) is 6.44. The van der Waals surface area contributed by atoms with Crippen LogP contribution in [0.25, 0.3) is 0 Å². The molecule has 0 atom stereocenters. The maximum atomic E-state index is 12.2. The van der Waals surface area contributed by atoms with Crippen LogP contribution in [0.2, 0.25) is 5.02 Å². The minimum atomic E-state index is 0.0410. The molecule has 0 spiro atoms. The zero-order valence-electron chi connectivity index (χ0n) is 14.9. The first-order chi connectivity index (χ1) is 11.4. The number of aromatic nitrogens is 2. The topological polar surface area (TPSA) is 46.9 Å². The van der Waals surface area contributed by atoms with Gasteiger partial charge in [0.15, 0.2) is 0 Å². The van der Waals surface area contributed by atoms with E-state index in [0.29, 0.717) is 18.9 Å². The predicted molar refractivity (Wildman–Crippen MR) is 98.4 cm³/mol. The van der Waals surface area contributed by atoms with E-state index in [1.165, 1.54) is 0 Å². The van der Waals surface area contributed by atoms with Crippen molar-refractivity contribution in [1.82, 2.24) is 15.1 Å². The van der Waals surface area contributed by atoms with Crippen LogP contribution in [-0.4, -0.2) is 22.2 Å². The van der Waals surface area contributed by atoms with Gasteiger partial charge in [0.25, 0.3) is 0 Å². The molecule has 0 bridgehead atoms. The second kappa shape index (κ2) is 8.34. The van der Waals surface area contributed by atoms with Crippen molar-refractivity contribution in [1.29, 1.82) is 0 Å². The Morgan fingerprint density at radius 3 is 2.54 bits per heavy atom. The van der Waals surface area contributed by atoms with Gasteiger partial charge in [0, 0.05) is 29.4 Å². The van der Waals surface area contributed by atoms with E-state index < -0.39 is 0 Å². The zero-order chi connectivity index (χ0) is 17.7. The third kappa shape index (κ3) is 5.10. The third-order valence-corrected chi connectivity index (χ3v) is 4.31. The van der Waals surface area contributed by atoms with Gasteiger partial charge in [0.2, 0.25) is 5.91 Å². The number of nitrogens with one attached hydrogen (secondary N) is 1. The lowest BCUT2D eigenvalue weighted by Crippen LogP contribution is -2.27. The Bertz CT molecular complexity index is 689. The highest BCUT2D eigenvalue weighted by Crippen LogP contribution is 2.15. The first-order valence-corrected chi connectivity index (χ1v) is 8.78. The molecule has 0 aliphatic heterocycles. The summed E-state index contributed by atoms with van der Waals surface area (Å²) in [6.07, 6.45) is 1.18. The molecule has 0 saturated carbocycles. The van der Waals surface area contributed by atoms with Crippen LogP contribution in [0.4, 0.5) is 0 Å². The molecule has 24 heavy (non-hydrogen) atoms. The van der Waals surface area contributed by atoms with Gasteiger partial charge in [-0.3, -0.25) is 9.48 Å². The first kappa shape index (κ1) is 18.5. The van der Waals surface area contributed by atoms with Crippen LogP contribution in [0.3, 0.4) is 0 Å². The van der Waals surface area contributed by atoms with Crippen molar-refractivity contribution in [2.75, 3.05) is 6.54 Å². The van der Waals surface area contributed by atoms with E-state index in [4.69, 9.17) is 11.6 Å². The van der Waals surface area contributed by atoms with E-state index in [1.807, 2.05) is 42.8 Å². The quantitative estimate of drug-likeness (QED) is 0.829. The molecule has 1 heterocycles. The molecule has 2 rings (SSSR count). The highest BCUT2D eigenvalue weighted by Gasteiger charge is 2.15. The summed E-state index contributed by atoms with van der Waals surface area (Å²) in [6, 6.07) is 7.71. The number of hydrogen-bond acceptors (Lipinski definition) is 2. The molecule has 130 valence electrons. The third-order valence-electron chi connectivity index (χ3n) is 4.06. The van der Waals surface area contributed by atoms with E-state index in [2.05, 4.69) is 24.3 Å². The molecule has 0 radical (unpaired) electrons. The Morgan fingerprint density at radius 1 is 1.25 bits per heavy atom. The van der Waals surface area contributed by atoms with Crippen molar-refractivity contribution in [3.63, 3.8) is 0 Å². The number of carbonyl (C=O) groups is 1. The molecule has 1 N–H and O–H groups in total. The van der Waals surface area contributed by atoms with Crippen molar-refractivity contribution in [2.45, 2.75) is 47.1 Å². The van der Waals surface area contributed by atoms with Crippen LogP contribution in [0.15, 0.2) is 24.3 Å². The van der Waals surface area contributed by atoms with Crippen LogP contribution in [-0.2, 0) is 24.2 Å². The molecule has 4 nitrogen and oxygen atoms in total. The summed E-state index contributed by atoms with van der Waals surface area (Å²) in [5, 5.41) is 8.28. The Hall–Kier alpha value is -1.81. The van der Waals surface area contributed by atoms with Gasteiger partial charge in [-0.25, -0.2) is 0 Å². The lowest BCUT2D eigenvalue weighted by molar-refractivity contribution is -0.120. The van der Waals surface area contributed by atoms with Crippen LogP contribution >= 0.6 is 11.6 Å². The number of halogens is 1. The largest absolute Gasteiger partial charge is 0.355 e. The van der Waals surface area contributed by atoms with Crippen LogP contribution in [0.1, 0.15) is 36.4 Å². The van der Waals surface area contributed by atoms with Crippen molar-refractivity contribution in [3.8, 4) is 0 Å². The Labute approximate surface area is 149 Å². The molecular weight excluding hydrogens is 322 g/mol. The van der Waals surface area contributed by atoms with Gasteiger partial charge < -0.3 is 5.32 Å². The SMILES string of the molecule is Cc1nn(CC(C)C)c(C)c1CC(=O)NCCc1ccc(Cl)cc1. The zero-order valence-corrected chi connectivity index (χ0v) is 15.7. The Morgan fingerprint density at radius 2 is 1.92 bits per heavy atom. The number of amides is 1. The lowest BCUT2D eigenvalue weighted by Gasteiger charge is -2.08. The fourth-order valence-electron chi connectivity index (χ4n) is 2.73. The number of benzene rings is 1. The molecule has 1 amide bonds. The molecule has 2 aromatic rings. The average molecular weight is 348 g/mol. The molecule has 0 unspecified atom stereocenters. The first-order valence-electron chi connectivity index (χ1n) is 8.41. The van der Waals surface area contributed by atoms with Crippen molar-refractivity contribution < 1.29 is 4.79 Å². The molecule has 0 fully saturated rings. The summed E-state index contributed by atoms with van der Waals surface area (Å²) in [5.41, 5.74) is 4.24. The van der Waals surface area contributed by atoms with Gasteiger partial charge in [-0.1, -0.05) is 37.6 Å². The molecular formula is C19H26ClN3O. The number of nitrogens with zero attached hydrogens (tertiary/aromatic N) is 2. The normalized spacial score (nSPS) is 11.1. The fourth-order valence-corrected chi connectivity index (χ4v) is 2.86. The highest BCUT2D eigenvalue weighted by atomic mass is 35.5. The Balaban J connectivity index is 1.88. The average Bonchev–Trinajstić information content (AvgIpc) is 2.76. The fraction of sp³-hybridized carbons (Fsp3) is 0.474. The molecule has 1 aromatic carbocycles. The van der Waals surface area contributed by atoms with E-state index in [1.54, 1.807) is 0 Å². The minimum Gasteiger partial charge on any atom is -0.355 e. The summed E-state index contributed by atoms with van der Waals surface area (Å²) in [6.45, 7) is 9.85. The summed E-state index contributed by atoms with van der Waals surface area (Å²) < 4.78 is 2.01. The highest BCUT2D eigenvalue weighted by molar-refractivity contribution is 6.30. The van der Waals surface area contributed by atoms with E-state index in [9.17, 15) is 4.79 Å². The second-order valence-electron chi connectivity index (χ2n) is 6.63. The van der Waals surface area contributed by atoms with Crippen molar-refractivity contribution >= 4 is 17.5 Å². The van der Waals surface area contributed by atoms with Gasteiger partial charge in [0.05, 0.1) is 12.1 Å². The van der Waals surface area contributed by atoms with Gasteiger partial charge in [-0.15, -0.1) is 0 Å². The van der Waals surface area contributed by atoms with Crippen LogP contribution in [0, 0.1) is 19.8 Å². The number of carbonyl (C=O) groups excluding carboxylic acids is 1. The van der Waals surface area contributed by atoms with Crippen molar-refractivity contribution in [2.24, 2.45) is 5.92 Å². The molecule has 1 aromatic heterocycles.